The maximum absolute atomic E-state index is 12.2. The van der Waals surface area contributed by atoms with Crippen molar-refractivity contribution >= 4 is 35.6 Å². The number of fused-ring (bicyclic) bond motifs is 1. The lowest BCUT2D eigenvalue weighted by Gasteiger charge is -2.25. The molecule has 2 aliphatic heterocycles. The van der Waals surface area contributed by atoms with Gasteiger partial charge in [0.2, 0.25) is 5.91 Å². The quantitative estimate of drug-likeness (QED) is 0.774. The fraction of sp³-hybridized carbons (Fsp3) is 0.467. The van der Waals surface area contributed by atoms with Crippen LogP contribution < -0.4 is 20.7 Å². The molecule has 0 aromatic heterocycles. The van der Waals surface area contributed by atoms with Gasteiger partial charge in [-0.25, -0.2) is 0 Å². The van der Waals surface area contributed by atoms with Gasteiger partial charge in [0.25, 0.3) is 5.91 Å². The molecule has 22 heavy (non-hydrogen) atoms. The lowest BCUT2D eigenvalue weighted by atomic mass is 9.99. The molecule has 1 aromatic rings. The lowest BCUT2D eigenvalue weighted by Crippen LogP contribution is -2.37. The molecule has 7 heteroatoms. The summed E-state index contributed by atoms with van der Waals surface area (Å²) in [6.07, 6.45) is 1.43. The summed E-state index contributed by atoms with van der Waals surface area (Å²) in [5.41, 5.74) is 1.26. The largest absolute Gasteiger partial charge is 0.479 e. The number of rotatable bonds is 2. The molecule has 1 aromatic carbocycles. The monoisotopic (exact) mass is 325 g/mol. The molecule has 1 saturated heterocycles. The molecule has 3 rings (SSSR count). The molecular formula is C15H20ClN3O3. The van der Waals surface area contributed by atoms with Crippen LogP contribution in [0, 0.1) is 5.92 Å². The van der Waals surface area contributed by atoms with Crippen LogP contribution in [0.3, 0.4) is 0 Å². The first-order chi connectivity index (χ1) is 10.1. The van der Waals surface area contributed by atoms with Crippen molar-refractivity contribution in [2.45, 2.75) is 25.9 Å². The fourth-order valence-corrected chi connectivity index (χ4v) is 2.61. The van der Waals surface area contributed by atoms with E-state index >= 15 is 0 Å². The molecule has 0 saturated carbocycles. The maximum atomic E-state index is 12.2. The number of halogens is 1. The van der Waals surface area contributed by atoms with E-state index in [4.69, 9.17) is 4.74 Å². The van der Waals surface area contributed by atoms with Gasteiger partial charge in [0.05, 0.1) is 11.6 Å². The van der Waals surface area contributed by atoms with Gasteiger partial charge in [0.15, 0.2) is 6.10 Å². The van der Waals surface area contributed by atoms with E-state index in [0.29, 0.717) is 23.7 Å². The van der Waals surface area contributed by atoms with Crippen molar-refractivity contribution in [2.24, 2.45) is 5.92 Å². The van der Waals surface area contributed by atoms with Crippen LogP contribution in [0.5, 0.6) is 5.75 Å². The molecule has 2 unspecified atom stereocenters. The van der Waals surface area contributed by atoms with Gasteiger partial charge < -0.3 is 20.7 Å². The van der Waals surface area contributed by atoms with Gasteiger partial charge in [0, 0.05) is 12.2 Å². The van der Waals surface area contributed by atoms with Crippen molar-refractivity contribution in [3.63, 3.8) is 0 Å². The van der Waals surface area contributed by atoms with Gasteiger partial charge in [-0.2, -0.15) is 0 Å². The van der Waals surface area contributed by atoms with E-state index in [-0.39, 0.29) is 30.1 Å². The topological polar surface area (TPSA) is 79.5 Å². The molecule has 0 bridgehead atoms. The second-order valence-corrected chi connectivity index (χ2v) is 5.49. The second-order valence-electron chi connectivity index (χ2n) is 5.49. The predicted octanol–water partition coefficient (Wildman–Crippen LogP) is 1.77. The van der Waals surface area contributed by atoms with Crippen LogP contribution in [0.2, 0.25) is 0 Å². The number of hydrogen-bond donors (Lipinski definition) is 3. The average molecular weight is 326 g/mol. The van der Waals surface area contributed by atoms with Gasteiger partial charge in [-0.15, -0.1) is 12.4 Å². The van der Waals surface area contributed by atoms with Crippen LogP contribution in [0.1, 0.15) is 19.8 Å². The zero-order valence-corrected chi connectivity index (χ0v) is 13.2. The minimum atomic E-state index is -0.494. The van der Waals surface area contributed by atoms with Crippen molar-refractivity contribution in [3.05, 3.63) is 18.2 Å². The highest BCUT2D eigenvalue weighted by Crippen LogP contribution is 2.32. The van der Waals surface area contributed by atoms with E-state index in [1.165, 1.54) is 0 Å². The SMILES string of the molecule is CC1Oc2ccc(NC(=O)C3CCCNC3)cc2NC1=O.Cl. The van der Waals surface area contributed by atoms with Crippen LogP contribution >= 0.6 is 12.4 Å². The van der Waals surface area contributed by atoms with Crippen LogP contribution in [-0.4, -0.2) is 31.0 Å². The van der Waals surface area contributed by atoms with Gasteiger partial charge in [-0.3, -0.25) is 9.59 Å². The molecule has 120 valence electrons. The summed E-state index contributed by atoms with van der Waals surface area (Å²) in [7, 11) is 0. The smallest absolute Gasteiger partial charge is 0.265 e. The molecule has 0 aliphatic carbocycles. The molecule has 0 radical (unpaired) electrons. The highest BCUT2D eigenvalue weighted by molar-refractivity contribution is 5.99. The highest BCUT2D eigenvalue weighted by Gasteiger charge is 2.25. The minimum absolute atomic E-state index is 0. The summed E-state index contributed by atoms with van der Waals surface area (Å²) in [4.78, 5) is 23.8. The number of anilines is 2. The highest BCUT2D eigenvalue weighted by atomic mass is 35.5. The summed E-state index contributed by atoms with van der Waals surface area (Å²) >= 11 is 0. The number of nitrogens with one attached hydrogen (secondary N) is 3. The molecule has 2 amide bonds. The first-order valence-electron chi connectivity index (χ1n) is 7.26. The summed E-state index contributed by atoms with van der Waals surface area (Å²) < 4.78 is 5.49. The van der Waals surface area contributed by atoms with Gasteiger partial charge in [0.1, 0.15) is 5.75 Å². The third-order valence-corrected chi connectivity index (χ3v) is 3.85. The van der Waals surface area contributed by atoms with E-state index in [9.17, 15) is 9.59 Å². The Kier molecular flexibility index (Phi) is 5.26. The lowest BCUT2D eigenvalue weighted by molar-refractivity contribution is -0.122. The Morgan fingerprint density at radius 1 is 1.41 bits per heavy atom. The van der Waals surface area contributed by atoms with E-state index in [1.807, 2.05) is 0 Å². The molecular weight excluding hydrogens is 306 g/mol. The normalized spacial score (nSPS) is 23.4. The van der Waals surface area contributed by atoms with Crippen molar-refractivity contribution in [3.8, 4) is 5.75 Å². The van der Waals surface area contributed by atoms with Crippen LogP contribution in [0.25, 0.3) is 0 Å². The Morgan fingerprint density at radius 2 is 2.23 bits per heavy atom. The molecule has 2 heterocycles. The van der Waals surface area contributed by atoms with Crippen LogP contribution in [0.4, 0.5) is 11.4 Å². The molecule has 0 spiro atoms. The van der Waals surface area contributed by atoms with E-state index in [2.05, 4.69) is 16.0 Å². The first kappa shape index (κ1) is 16.6. The standard InChI is InChI=1S/C15H19N3O3.ClH/c1-9-14(19)18-12-7-11(4-5-13(12)21-9)17-15(20)10-3-2-6-16-8-10;/h4-5,7,9-10,16H,2-3,6,8H2,1H3,(H,17,20)(H,18,19);1H. The summed E-state index contributed by atoms with van der Waals surface area (Å²) in [6.45, 7) is 3.39. The van der Waals surface area contributed by atoms with Gasteiger partial charge in [-0.05, 0) is 44.5 Å². The Hall–Kier alpha value is -1.79. The number of piperidine rings is 1. The van der Waals surface area contributed by atoms with E-state index in [1.54, 1.807) is 25.1 Å². The Balaban J connectivity index is 0.00000176. The van der Waals surface area contributed by atoms with E-state index < -0.39 is 6.10 Å². The number of ether oxygens (including phenoxy) is 1. The maximum Gasteiger partial charge on any atom is 0.265 e. The summed E-state index contributed by atoms with van der Waals surface area (Å²) in [6, 6.07) is 5.28. The summed E-state index contributed by atoms with van der Waals surface area (Å²) in [5.74, 6) is 0.459. The molecule has 6 nitrogen and oxygen atoms in total. The first-order valence-corrected chi connectivity index (χ1v) is 7.26. The number of carbonyl (C=O) groups excluding carboxylic acids is 2. The number of benzene rings is 1. The van der Waals surface area contributed by atoms with Crippen molar-refractivity contribution in [1.82, 2.24) is 5.32 Å². The third-order valence-electron chi connectivity index (χ3n) is 3.85. The van der Waals surface area contributed by atoms with Gasteiger partial charge in [-0.1, -0.05) is 0 Å². The fourth-order valence-electron chi connectivity index (χ4n) is 2.61. The average Bonchev–Trinajstić information content (AvgIpc) is 2.49. The molecule has 2 aliphatic rings. The predicted molar refractivity (Wildman–Crippen MR) is 86.6 cm³/mol. The van der Waals surface area contributed by atoms with Crippen molar-refractivity contribution in [1.29, 1.82) is 0 Å². The molecule has 2 atom stereocenters. The van der Waals surface area contributed by atoms with E-state index in [0.717, 1.165) is 19.4 Å². The van der Waals surface area contributed by atoms with Crippen LogP contribution in [0.15, 0.2) is 18.2 Å². The number of hydrogen-bond acceptors (Lipinski definition) is 4. The Bertz CT molecular complexity index is 573. The zero-order valence-electron chi connectivity index (χ0n) is 12.3. The van der Waals surface area contributed by atoms with Crippen molar-refractivity contribution in [2.75, 3.05) is 23.7 Å². The molecule has 3 N–H and O–H groups in total. The Labute approximate surface area is 135 Å². The number of amides is 2. The zero-order chi connectivity index (χ0) is 14.8. The van der Waals surface area contributed by atoms with Crippen LogP contribution in [-0.2, 0) is 9.59 Å². The summed E-state index contributed by atoms with van der Waals surface area (Å²) in [5, 5.41) is 8.90. The third kappa shape index (κ3) is 3.51. The second kappa shape index (κ2) is 6.98. The van der Waals surface area contributed by atoms with Gasteiger partial charge >= 0.3 is 0 Å². The minimum Gasteiger partial charge on any atom is -0.479 e. The Morgan fingerprint density at radius 3 is 2.95 bits per heavy atom. The molecule has 1 fully saturated rings. The number of carbonyl (C=O) groups is 2. The van der Waals surface area contributed by atoms with Crippen molar-refractivity contribution < 1.29 is 14.3 Å².